The number of ether oxygens (including phenoxy) is 2. The van der Waals surface area contributed by atoms with Gasteiger partial charge in [-0.1, -0.05) is 12.1 Å². The molecular weight excluding hydrogens is 498 g/mol. The highest BCUT2D eigenvalue weighted by Gasteiger charge is 2.30. The van der Waals surface area contributed by atoms with Gasteiger partial charge in [-0.25, -0.2) is 23.5 Å². The van der Waals surface area contributed by atoms with Gasteiger partial charge in [-0.15, -0.1) is 0 Å². The molecule has 1 atom stereocenters. The third-order valence-electron chi connectivity index (χ3n) is 6.53. The average Bonchev–Trinajstić information content (AvgIpc) is 3.47. The predicted octanol–water partition coefficient (Wildman–Crippen LogP) is 3.60. The summed E-state index contributed by atoms with van der Waals surface area (Å²) in [6.45, 7) is 2.16. The maximum absolute atomic E-state index is 14.5. The molecule has 6 rings (SSSR count). The maximum Gasteiger partial charge on any atom is 0.328 e. The molecule has 1 aliphatic rings. The van der Waals surface area contributed by atoms with Crippen LogP contribution in [0.3, 0.4) is 0 Å². The molecule has 0 fully saturated rings. The summed E-state index contributed by atoms with van der Waals surface area (Å²) < 4.78 is 42.2. The molecule has 0 saturated heterocycles. The van der Waals surface area contributed by atoms with Crippen LogP contribution in [0.15, 0.2) is 47.5 Å². The number of fused-ring (bicyclic) bond motifs is 3. The number of nitrogens with one attached hydrogen (secondary N) is 1. The Balaban J connectivity index is 1.56. The Bertz CT molecular complexity index is 1760. The number of carbonyl (C=O) groups is 1. The third-order valence-corrected chi connectivity index (χ3v) is 6.53. The minimum Gasteiger partial charge on any atom is -0.490 e. The molecule has 10 nitrogen and oxygen atoms in total. The van der Waals surface area contributed by atoms with E-state index in [2.05, 4.69) is 19.9 Å². The molecule has 4 heterocycles. The summed E-state index contributed by atoms with van der Waals surface area (Å²) in [5, 5.41) is 0. The van der Waals surface area contributed by atoms with Crippen molar-refractivity contribution in [1.82, 2.24) is 29.1 Å². The fourth-order valence-electron chi connectivity index (χ4n) is 4.86. The SMILES string of the molecule is CCOC(=O)CCc1nc(-n2cnc3ccc(F)cc32)nc2c1[nH]c(=O)n2[C@@H]1CCOc2c(F)cccc21. The van der Waals surface area contributed by atoms with Crippen LogP contribution in [0.4, 0.5) is 8.78 Å². The molecule has 12 heteroatoms. The van der Waals surface area contributed by atoms with Gasteiger partial charge in [0.15, 0.2) is 17.2 Å². The van der Waals surface area contributed by atoms with Crippen LogP contribution in [-0.4, -0.2) is 48.3 Å². The van der Waals surface area contributed by atoms with Gasteiger partial charge < -0.3 is 14.5 Å². The first-order chi connectivity index (χ1) is 18.4. The van der Waals surface area contributed by atoms with Crippen molar-refractivity contribution in [2.45, 2.75) is 32.2 Å². The van der Waals surface area contributed by atoms with Gasteiger partial charge in [-0.05, 0) is 25.1 Å². The zero-order valence-corrected chi connectivity index (χ0v) is 20.3. The maximum atomic E-state index is 14.5. The third kappa shape index (κ3) is 3.98. The van der Waals surface area contributed by atoms with Crippen LogP contribution >= 0.6 is 0 Å². The van der Waals surface area contributed by atoms with Crippen LogP contribution in [0.2, 0.25) is 0 Å². The van der Waals surface area contributed by atoms with Crippen molar-refractivity contribution in [3.8, 4) is 11.7 Å². The van der Waals surface area contributed by atoms with Crippen molar-refractivity contribution in [2.24, 2.45) is 0 Å². The van der Waals surface area contributed by atoms with Crippen LogP contribution < -0.4 is 10.4 Å². The lowest BCUT2D eigenvalue weighted by Gasteiger charge is -2.26. The first-order valence-electron chi connectivity index (χ1n) is 12.2. The van der Waals surface area contributed by atoms with Crippen LogP contribution in [0.25, 0.3) is 28.1 Å². The number of esters is 1. The number of aromatic nitrogens is 6. The molecule has 0 unspecified atom stereocenters. The quantitative estimate of drug-likeness (QED) is 0.340. The zero-order chi connectivity index (χ0) is 26.4. The fourth-order valence-corrected chi connectivity index (χ4v) is 4.86. The fraction of sp³-hybridized carbons (Fsp3) is 0.269. The molecule has 2 aromatic carbocycles. The molecule has 0 saturated carbocycles. The van der Waals surface area contributed by atoms with Crippen molar-refractivity contribution in [3.63, 3.8) is 0 Å². The first kappa shape index (κ1) is 23.8. The summed E-state index contributed by atoms with van der Waals surface area (Å²) in [5.41, 5.74) is 2.03. The molecule has 0 radical (unpaired) electrons. The zero-order valence-electron chi connectivity index (χ0n) is 20.3. The van der Waals surface area contributed by atoms with E-state index in [1.165, 1.54) is 33.7 Å². The highest BCUT2D eigenvalue weighted by molar-refractivity contribution is 5.79. The molecule has 0 bridgehead atoms. The number of aromatic amines is 1. The van der Waals surface area contributed by atoms with E-state index in [1.54, 1.807) is 25.1 Å². The summed E-state index contributed by atoms with van der Waals surface area (Å²) in [4.78, 5) is 41.9. The molecular formula is C26H22F2N6O4. The van der Waals surface area contributed by atoms with E-state index in [1.807, 2.05) is 0 Å². The predicted molar refractivity (Wildman–Crippen MR) is 132 cm³/mol. The van der Waals surface area contributed by atoms with E-state index in [0.717, 1.165) is 0 Å². The van der Waals surface area contributed by atoms with Crippen molar-refractivity contribution < 1.29 is 23.0 Å². The standard InChI is InChI=1S/C26H22F2N6O4/c1-2-37-21(35)9-8-18-22-24(32-25(30-18)33-13-29-17-7-6-14(27)12-20(17)33)34(26(36)31-22)19-10-11-38-23-15(19)4-3-5-16(23)28/h3-7,12-13,19H,2,8-11H2,1H3,(H,31,36)/t19-/m1/s1. The normalized spacial score (nSPS) is 15.0. The monoisotopic (exact) mass is 520 g/mol. The lowest BCUT2D eigenvalue weighted by atomic mass is 10.00. The Morgan fingerprint density at radius 3 is 2.95 bits per heavy atom. The van der Waals surface area contributed by atoms with Crippen molar-refractivity contribution in [1.29, 1.82) is 0 Å². The Morgan fingerprint density at radius 2 is 2.11 bits per heavy atom. The lowest BCUT2D eigenvalue weighted by Crippen LogP contribution is -2.28. The molecule has 194 valence electrons. The Kier molecular flexibility index (Phi) is 5.86. The molecule has 0 aliphatic carbocycles. The second kappa shape index (κ2) is 9.36. The van der Waals surface area contributed by atoms with Crippen molar-refractivity contribution in [3.05, 3.63) is 76.1 Å². The average molecular weight is 520 g/mol. The van der Waals surface area contributed by atoms with E-state index >= 15 is 0 Å². The summed E-state index contributed by atoms with van der Waals surface area (Å²) in [7, 11) is 0. The van der Waals surface area contributed by atoms with E-state index in [0.29, 0.717) is 34.2 Å². The van der Waals surface area contributed by atoms with Gasteiger partial charge in [-0.3, -0.25) is 13.9 Å². The van der Waals surface area contributed by atoms with E-state index in [-0.39, 0.29) is 43.4 Å². The largest absolute Gasteiger partial charge is 0.490 e. The summed E-state index contributed by atoms with van der Waals surface area (Å²) in [6.07, 6.45) is 2.05. The van der Waals surface area contributed by atoms with Gasteiger partial charge in [0, 0.05) is 24.5 Å². The molecule has 3 aromatic heterocycles. The number of aryl methyl sites for hydroxylation is 1. The topological polar surface area (TPSA) is 117 Å². The Morgan fingerprint density at radius 1 is 1.24 bits per heavy atom. The van der Waals surface area contributed by atoms with Crippen molar-refractivity contribution >= 4 is 28.2 Å². The molecule has 5 aromatic rings. The van der Waals surface area contributed by atoms with E-state index in [9.17, 15) is 18.4 Å². The number of rotatable bonds is 6. The first-order valence-corrected chi connectivity index (χ1v) is 12.2. The molecule has 38 heavy (non-hydrogen) atoms. The second-order valence-corrected chi connectivity index (χ2v) is 8.83. The second-order valence-electron chi connectivity index (χ2n) is 8.83. The molecule has 0 amide bonds. The van der Waals surface area contributed by atoms with Crippen LogP contribution in [0.1, 0.15) is 37.1 Å². The van der Waals surface area contributed by atoms with Crippen molar-refractivity contribution in [2.75, 3.05) is 13.2 Å². The number of imidazole rings is 2. The van der Waals surface area contributed by atoms with E-state index in [4.69, 9.17) is 9.47 Å². The Labute approximate surface area is 213 Å². The van der Waals surface area contributed by atoms with Crippen LogP contribution in [0.5, 0.6) is 5.75 Å². The molecule has 1 aliphatic heterocycles. The lowest BCUT2D eigenvalue weighted by molar-refractivity contribution is -0.143. The smallest absolute Gasteiger partial charge is 0.328 e. The highest BCUT2D eigenvalue weighted by Crippen LogP contribution is 2.37. The van der Waals surface area contributed by atoms with Crippen LogP contribution in [0, 0.1) is 11.6 Å². The number of hydrogen-bond acceptors (Lipinski definition) is 7. The summed E-state index contributed by atoms with van der Waals surface area (Å²) in [5.74, 6) is -1.15. The number of hydrogen-bond donors (Lipinski definition) is 1. The number of benzene rings is 2. The van der Waals surface area contributed by atoms with Gasteiger partial charge >= 0.3 is 11.7 Å². The Hall–Kier alpha value is -4.61. The number of carbonyl (C=O) groups excluding carboxylic acids is 1. The van der Waals surface area contributed by atoms with Gasteiger partial charge in [0.05, 0.1) is 42.4 Å². The molecule has 1 N–H and O–H groups in total. The van der Waals surface area contributed by atoms with Gasteiger partial charge in [-0.2, -0.15) is 4.98 Å². The number of halogens is 2. The number of para-hydroxylation sites is 1. The van der Waals surface area contributed by atoms with Gasteiger partial charge in [0.1, 0.15) is 17.7 Å². The van der Waals surface area contributed by atoms with Gasteiger partial charge in [0.2, 0.25) is 5.95 Å². The van der Waals surface area contributed by atoms with E-state index < -0.39 is 29.3 Å². The minimum absolute atomic E-state index is 0.0250. The summed E-state index contributed by atoms with van der Waals surface area (Å²) >= 11 is 0. The molecule has 0 spiro atoms. The highest BCUT2D eigenvalue weighted by atomic mass is 19.1. The van der Waals surface area contributed by atoms with Crippen LogP contribution in [-0.2, 0) is 16.0 Å². The minimum atomic E-state index is -0.562. The van der Waals surface area contributed by atoms with Gasteiger partial charge in [0.25, 0.3) is 0 Å². The number of H-pyrrole nitrogens is 1. The number of nitrogens with zero attached hydrogens (tertiary/aromatic N) is 5. The summed E-state index contributed by atoms with van der Waals surface area (Å²) in [6, 6.07) is 8.18.